The first-order valence-electron chi connectivity index (χ1n) is 12.0. The first kappa shape index (κ1) is 24.5. The lowest BCUT2D eigenvalue weighted by atomic mass is 10.1. The summed E-state index contributed by atoms with van der Waals surface area (Å²) in [6.45, 7) is 9.31. The molecule has 3 aromatic heterocycles. The number of pyridine rings is 1. The Kier molecular flexibility index (Phi) is 7.80. The topological polar surface area (TPSA) is 147 Å². The highest BCUT2D eigenvalue weighted by molar-refractivity contribution is 5.64. The van der Waals surface area contributed by atoms with Crippen molar-refractivity contribution >= 4 is 23.4 Å². The molecule has 0 unspecified atom stereocenters. The lowest BCUT2D eigenvalue weighted by Crippen LogP contribution is -2.48. The number of nitrogens with zero attached hydrogens (tertiary/aromatic N) is 7. The van der Waals surface area contributed by atoms with E-state index in [1.807, 2.05) is 6.20 Å². The lowest BCUT2D eigenvalue weighted by Gasteiger charge is -2.36. The number of carboxylic acid groups (broad SMARTS) is 1. The summed E-state index contributed by atoms with van der Waals surface area (Å²) >= 11 is 0. The van der Waals surface area contributed by atoms with E-state index in [0.717, 1.165) is 61.7 Å². The van der Waals surface area contributed by atoms with Gasteiger partial charge in [0.25, 0.3) is 0 Å². The molecule has 0 aliphatic carbocycles. The lowest BCUT2D eigenvalue weighted by molar-refractivity contribution is 0.190. The van der Waals surface area contributed by atoms with Gasteiger partial charge in [-0.05, 0) is 24.5 Å². The van der Waals surface area contributed by atoms with Crippen LogP contribution in [0.5, 0.6) is 6.01 Å². The van der Waals surface area contributed by atoms with Gasteiger partial charge in [0, 0.05) is 51.9 Å². The summed E-state index contributed by atoms with van der Waals surface area (Å²) in [4.78, 5) is 28.5. The maximum atomic E-state index is 10.6. The zero-order chi connectivity index (χ0) is 24.8. The fourth-order valence-corrected chi connectivity index (χ4v) is 4.18. The molecule has 35 heavy (non-hydrogen) atoms. The van der Waals surface area contributed by atoms with E-state index >= 15 is 0 Å². The van der Waals surface area contributed by atoms with Gasteiger partial charge in [0.05, 0.1) is 18.5 Å². The molecule has 12 heteroatoms. The second-order valence-corrected chi connectivity index (χ2v) is 8.69. The number of piperazine rings is 1. The van der Waals surface area contributed by atoms with Crippen LogP contribution < -0.4 is 20.7 Å². The van der Waals surface area contributed by atoms with Gasteiger partial charge in [-0.1, -0.05) is 19.4 Å². The Morgan fingerprint density at radius 1 is 1.23 bits per heavy atom. The van der Waals surface area contributed by atoms with Crippen LogP contribution in [0.3, 0.4) is 0 Å². The number of hydrogen-bond donors (Lipinski definition) is 3. The molecule has 4 heterocycles. The van der Waals surface area contributed by atoms with Crippen LogP contribution in [0.15, 0.2) is 18.5 Å². The normalized spacial score (nSPS) is 14.4. The predicted molar refractivity (Wildman–Crippen MR) is 132 cm³/mol. The van der Waals surface area contributed by atoms with Crippen LogP contribution in [0.2, 0.25) is 0 Å². The highest BCUT2D eigenvalue weighted by Gasteiger charge is 2.20. The maximum Gasteiger partial charge on any atom is 0.404 e. The molecule has 0 radical (unpaired) electrons. The quantitative estimate of drug-likeness (QED) is 0.363. The van der Waals surface area contributed by atoms with E-state index < -0.39 is 6.09 Å². The number of hydrogen-bond acceptors (Lipinski definition) is 9. The van der Waals surface area contributed by atoms with Gasteiger partial charge in [0.15, 0.2) is 11.5 Å². The van der Waals surface area contributed by atoms with Crippen LogP contribution in [0.25, 0.3) is 5.65 Å². The summed E-state index contributed by atoms with van der Waals surface area (Å²) in [6, 6.07) is 2.40. The molecule has 1 fully saturated rings. The molecule has 188 valence electrons. The third-order valence-corrected chi connectivity index (χ3v) is 6.04. The number of amides is 1. The number of imidazole rings is 1. The van der Waals surface area contributed by atoms with Gasteiger partial charge in [-0.25, -0.2) is 19.3 Å². The number of anilines is 2. The number of nitrogen functional groups attached to an aromatic ring is 1. The van der Waals surface area contributed by atoms with Crippen molar-refractivity contribution < 1.29 is 14.6 Å². The number of rotatable bonds is 10. The minimum absolute atomic E-state index is 0.255. The first-order valence-corrected chi connectivity index (χ1v) is 12.0. The average Bonchev–Trinajstić information content (AvgIpc) is 3.23. The molecule has 0 atom stereocenters. The molecule has 0 bridgehead atoms. The molecular weight excluding hydrogens is 450 g/mol. The van der Waals surface area contributed by atoms with Crippen molar-refractivity contribution in [2.45, 2.75) is 33.1 Å². The van der Waals surface area contributed by atoms with Crippen LogP contribution >= 0.6 is 0 Å². The van der Waals surface area contributed by atoms with Crippen molar-refractivity contribution in [2.24, 2.45) is 0 Å². The Morgan fingerprint density at radius 2 is 2.03 bits per heavy atom. The smallest absolute Gasteiger partial charge is 0.404 e. The number of nitrogens with two attached hydrogens (primary N) is 1. The summed E-state index contributed by atoms with van der Waals surface area (Å²) in [6.07, 6.45) is 5.23. The molecule has 1 aliphatic heterocycles. The van der Waals surface area contributed by atoms with Gasteiger partial charge in [0.2, 0.25) is 0 Å². The Labute approximate surface area is 204 Å². The highest BCUT2D eigenvalue weighted by Crippen LogP contribution is 2.22. The average molecular weight is 484 g/mol. The van der Waals surface area contributed by atoms with Crippen molar-refractivity contribution in [3.8, 4) is 6.01 Å². The molecular formula is C23H33N9O3. The van der Waals surface area contributed by atoms with E-state index in [2.05, 4.69) is 50.1 Å². The van der Waals surface area contributed by atoms with Crippen LogP contribution in [-0.2, 0) is 6.42 Å². The third-order valence-electron chi connectivity index (χ3n) is 6.04. The summed E-state index contributed by atoms with van der Waals surface area (Å²) in [5.74, 6) is 1.27. The van der Waals surface area contributed by atoms with Crippen LogP contribution in [0.1, 0.15) is 36.6 Å². The minimum atomic E-state index is -0.982. The Hall–Kier alpha value is -3.67. The van der Waals surface area contributed by atoms with Gasteiger partial charge in [0.1, 0.15) is 5.82 Å². The van der Waals surface area contributed by atoms with E-state index in [0.29, 0.717) is 37.6 Å². The number of nitrogens with one attached hydrogen (secondary N) is 1. The number of ether oxygens (including phenoxy) is 1. The van der Waals surface area contributed by atoms with Crippen molar-refractivity contribution in [1.29, 1.82) is 0 Å². The van der Waals surface area contributed by atoms with Gasteiger partial charge < -0.3 is 25.8 Å². The van der Waals surface area contributed by atoms with Gasteiger partial charge >= 0.3 is 12.1 Å². The number of aryl methyl sites for hydroxylation is 1. The summed E-state index contributed by atoms with van der Waals surface area (Å²) in [5.41, 5.74) is 9.63. The SMILES string of the molecule is CCCCOc1nc(N)c2ncc(Cc3cnc(N4CCN(CCNC(=O)O)CC4)c(C)c3)n2n1. The Bertz CT molecular complexity index is 1160. The van der Waals surface area contributed by atoms with Gasteiger partial charge in [-0.2, -0.15) is 4.98 Å². The molecule has 4 rings (SSSR count). The molecule has 0 spiro atoms. The zero-order valence-electron chi connectivity index (χ0n) is 20.3. The first-order chi connectivity index (χ1) is 16.9. The maximum absolute atomic E-state index is 10.6. The van der Waals surface area contributed by atoms with E-state index in [1.54, 1.807) is 10.7 Å². The summed E-state index contributed by atoms with van der Waals surface area (Å²) in [5, 5.41) is 15.6. The summed E-state index contributed by atoms with van der Waals surface area (Å²) in [7, 11) is 0. The minimum Gasteiger partial charge on any atom is -0.465 e. The molecule has 4 N–H and O–H groups in total. The molecule has 12 nitrogen and oxygen atoms in total. The van der Waals surface area contributed by atoms with Crippen molar-refractivity contribution in [3.63, 3.8) is 0 Å². The number of carbonyl (C=O) groups is 1. The molecule has 1 amide bonds. The van der Waals surface area contributed by atoms with E-state index in [9.17, 15) is 4.79 Å². The molecule has 0 aromatic carbocycles. The second kappa shape index (κ2) is 11.2. The fraction of sp³-hybridized carbons (Fsp3) is 0.522. The molecule has 3 aromatic rings. The summed E-state index contributed by atoms with van der Waals surface area (Å²) < 4.78 is 7.35. The second-order valence-electron chi connectivity index (χ2n) is 8.69. The fourth-order valence-electron chi connectivity index (χ4n) is 4.18. The van der Waals surface area contributed by atoms with E-state index in [1.165, 1.54) is 0 Å². The molecule has 0 saturated carbocycles. The number of aromatic nitrogens is 5. The van der Waals surface area contributed by atoms with E-state index in [4.69, 9.17) is 20.6 Å². The Balaban J connectivity index is 1.41. The van der Waals surface area contributed by atoms with Crippen molar-refractivity contribution in [3.05, 3.63) is 35.3 Å². The molecule has 1 saturated heterocycles. The number of unbranched alkanes of at least 4 members (excludes halogenated alkanes) is 1. The monoisotopic (exact) mass is 483 g/mol. The van der Waals surface area contributed by atoms with Crippen molar-refractivity contribution in [1.82, 2.24) is 34.8 Å². The van der Waals surface area contributed by atoms with Crippen LogP contribution in [0.4, 0.5) is 16.4 Å². The van der Waals surface area contributed by atoms with Gasteiger partial charge in [-0.3, -0.25) is 4.90 Å². The highest BCUT2D eigenvalue weighted by atomic mass is 16.5. The third kappa shape index (κ3) is 6.07. The van der Waals surface area contributed by atoms with E-state index in [-0.39, 0.29) is 6.01 Å². The van der Waals surface area contributed by atoms with Gasteiger partial charge in [-0.15, -0.1) is 5.10 Å². The number of fused-ring (bicyclic) bond motifs is 1. The van der Waals surface area contributed by atoms with Crippen LogP contribution in [-0.4, -0.2) is 86.5 Å². The predicted octanol–water partition coefficient (Wildman–Crippen LogP) is 1.57. The standard InChI is InChI=1S/C23H33N9O3/c1-3-4-11-35-22-28-19(24)21-27-15-18(32(21)29-22)13-17-12-16(2)20(26-14-17)31-9-7-30(8-10-31)6-5-25-23(33)34/h12,14-15,25H,3-11,13H2,1-2H3,(H,33,34)(H2,24,28,29). The molecule has 1 aliphatic rings. The van der Waals surface area contributed by atoms with Crippen molar-refractivity contribution in [2.75, 3.05) is 56.5 Å². The largest absolute Gasteiger partial charge is 0.465 e. The Morgan fingerprint density at radius 3 is 2.74 bits per heavy atom. The van der Waals surface area contributed by atoms with Crippen LogP contribution in [0, 0.1) is 6.92 Å². The zero-order valence-corrected chi connectivity index (χ0v) is 20.3.